The molecule has 8 heteroatoms. The van der Waals surface area contributed by atoms with Crippen LogP contribution in [0.15, 0.2) is 54.6 Å². The lowest BCUT2D eigenvalue weighted by Gasteiger charge is -2.30. The first kappa shape index (κ1) is 20.4. The van der Waals surface area contributed by atoms with Crippen molar-refractivity contribution in [2.75, 3.05) is 23.0 Å². The first-order valence-electron chi connectivity index (χ1n) is 8.31. The highest BCUT2D eigenvalue weighted by Crippen LogP contribution is 2.23. The van der Waals surface area contributed by atoms with E-state index in [9.17, 15) is 18.0 Å². The van der Waals surface area contributed by atoms with Crippen LogP contribution >= 0.6 is 0 Å². The Bertz CT molecular complexity index is 895. The van der Waals surface area contributed by atoms with E-state index in [0.29, 0.717) is 16.9 Å². The third-order valence-corrected chi connectivity index (χ3v) is 5.09. The van der Waals surface area contributed by atoms with Crippen molar-refractivity contribution < 1.29 is 22.7 Å². The number of esters is 1. The Kier molecular flexibility index (Phi) is 6.57. The Labute approximate surface area is 159 Å². The van der Waals surface area contributed by atoms with Crippen LogP contribution in [0.3, 0.4) is 0 Å². The average Bonchev–Trinajstić information content (AvgIpc) is 2.65. The van der Waals surface area contributed by atoms with Gasteiger partial charge in [-0.2, -0.15) is 0 Å². The Hall–Kier alpha value is -2.87. The number of hydrogen-bond acceptors (Lipinski definition) is 5. The quantitative estimate of drug-likeness (QED) is 0.734. The number of carbonyl (C=O) groups is 2. The summed E-state index contributed by atoms with van der Waals surface area (Å²) in [5.74, 6) is -0.941. The highest BCUT2D eigenvalue weighted by atomic mass is 32.2. The van der Waals surface area contributed by atoms with Gasteiger partial charge in [0.25, 0.3) is 0 Å². The number of carbonyl (C=O) groups excluding carboxylic acids is 2. The fraction of sp³-hybridized carbons (Fsp3) is 0.263. The van der Waals surface area contributed by atoms with Crippen molar-refractivity contribution >= 4 is 33.3 Å². The Morgan fingerprint density at radius 1 is 1.07 bits per heavy atom. The van der Waals surface area contributed by atoms with E-state index in [4.69, 9.17) is 0 Å². The fourth-order valence-corrected chi connectivity index (χ4v) is 3.88. The second-order valence-corrected chi connectivity index (χ2v) is 7.74. The molecule has 0 bridgehead atoms. The van der Waals surface area contributed by atoms with E-state index < -0.39 is 27.9 Å². The molecule has 27 heavy (non-hydrogen) atoms. The van der Waals surface area contributed by atoms with E-state index in [0.717, 1.165) is 10.6 Å². The molecule has 1 N–H and O–H groups in total. The highest BCUT2D eigenvalue weighted by molar-refractivity contribution is 7.92. The van der Waals surface area contributed by atoms with E-state index in [2.05, 4.69) is 10.1 Å². The minimum absolute atomic E-state index is 0.286. The molecule has 0 heterocycles. The Balaban J connectivity index is 2.27. The van der Waals surface area contributed by atoms with Crippen LogP contribution in [0.4, 0.5) is 11.4 Å². The summed E-state index contributed by atoms with van der Waals surface area (Å²) in [7, 11) is -2.39. The molecule has 0 radical (unpaired) electrons. The molecule has 2 aromatic rings. The van der Waals surface area contributed by atoms with Crippen LogP contribution in [-0.2, 0) is 19.6 Å². The van der Waals surface area contributed by atoms with E-state index >= 15 is 0 Å². The normalized spacial score (nSPS) is 12.1. The van der Waals surface area contributed by atoms with Gasteiger partial charge in [0.15, 0.2) is 0 Å². The fourth-order valence-electron chi connectivity index (χ4n) is 2.67. The van der Waals surface area contributed by atoms with Gasteiger partial charge in [0, 0.05) is 5.69 Å². The molecule has 0 aromatic heterocycles. The summed E-state index contributed by atoms with van der Waals surface area (Å²) in [6.45, 7) is 1.74. The summed E-state index contributed by atoms with van der Waals surface area (Å²) in [6.07, 6.45) is 1.36. The van der Waals surface area contributed by atoms with Gasteiger partial charge in [-0.25, -0.2) is 13.2 Å². The molecule has 0 fully saturated rings. The average molecular weight is 390 g/mol. The number of ether oxygens (including phenoxy) is 1. The Morgan fingerprint density at radius 3 is 2.15 bits per heavy atom. The summed E-state index contributed by atoms with van der Waals surface area (Å²) in [6, 6.07) is 13.7. The molecule has 0 saturated carbocycles. The smallest absolute Gasteiger partial charge is 0.337 e. The van der Waals surface area contributed by atoms with Gasteiger partial charge in [0.05, 0.1) is 24.6 Å². The molecule has 1 unspecified atom stereocenters. The largest absolute Gasteiger partial charge is 0.465 e. The lowest BCUT2D eigenvalue weighted by Crippen LogP contribution is -2.46. The van der Waals surface area contributed by atoms with Gasteiger partial charge in [0.2, 0.25) is 15.9 Å². The number of benzene rings is 2. The van der Waals surface area contributed by atoms with Crippen molar-refractivity contribution in [2.45, 2.75) is 19.4 Å². The van der Waals surface area contributed by atoms with Gasteiger partial charge in [-0.15, -0.1) is 0 Å². The molecule has 1 atom stereocenters. The molecule has 2 rings (SSSR count). The second-order valence-electron chi connectivity index (χ2n) is 5.88. The summed E-state index contributed by atoms with van der Waals surface area (Å²) in [5, 5.41) is 2.70. The van der Waals surface area contributed by atoms with Gasteiger partial charge in [0.1, 0.15) is 6.04 Å². The number of nitrogens with zero attached hydrogens (tertiary/aromatic N) is 1. The summed E-state index contributed by atoms with van der Waals surface area (Å²) >= 11 is 0. The zero-order valence-corrected chi connectivity index (χ0v) is 16.2. The van der Waals surface area contributed by atoms with Crippen LogP contribution in [0.1, 0.15) is 23.7 Å². The number of anilines is 2. The monoisotopic (exact) mass is 390 g/mol. The van der Waals surface area contributed by atoms with Gasteiger partial charge < -0.3 is 10.1 Å². The third-order valence-electron chi connectivity index (χ3n) is 3.91. The van der Waals surface area contributed by atoms with Crippen molar-refractivity contribution in [2.24, 2.45) is 0 Å². The maximum atomic E-state index is 12.8. The lowest BCUT2D eigenvalue weighted by molar-refractivity contribution is -0.117. The van der Waals surface area contributed by atoms with Crippen molar-refractivity contribution in [1.82, 2.24) is 0 Å². The van der Waals surface area contributed by atoms with Crippen molar-refractivity contribution in [3.8, 4) is 0 Å². The molecule has 0 saturated heterocycles. The van der Waals surface area contributed by atoms with Crippen LogP contribution in [0.5, 0.6) is 0 Å². The molecule has 0 aliphatic rings. The molecular formula is C19H22N2O5S. The number of amides is 1. The maximum absolute atomic E-state index is 12.8. The van der Waals surface area contributed by atoms with Crippen LogP contribution in [0.2, 0.25) is 0 Å². The van der Waals surface area contributed by atoms with Gasteiger partial charge >= 0.3 is 5.97 Å². The van der Waals surface area contributed by atoms with E-state index in [1.165, 1.54) is 19.2 Å². The molecule has 1 amide bonds. The summed E-state index contributed by atoms with van der Waals surface area (Å²) in [5.41, 5.74) is 1.22. The number of hydrogen-bond donors (Lipinski definition) is 1. The van der Waals surface area contributed by atoms with E-state index in [1.54, 1.807) is 49.4 Å². The number of nitrogens with one attached hydrogen (secondary N) is 1. The second kappa shape index (κ2) is 8.68. The molecule has 144 valence electrons. The highest BCUT2D eigenvalue weighted by Gasteiger charge is 2.31. The minimum Gasteiger partial charge on any atom is -0.465 e. The minimum atomic E-state index is -3.68. The molecular weight excluding hydrogens is 368 g/mol. The predicted octanol–water partition coefficient (Wildman–Crippen LogP) is 2.66. The zero-order chi connectivity index (χ0) is 20.0. The van der Waals surface area contributed by atoms with Crippen LogP contribution < -0.4 is 9.62 Å². The standard InChI is InChI=1S/C19H22N2O5S/c1-4-17(21(27(3,24)25)16-8-6-5-7-9-16)18(22)20-15-12-10-14(11-13-15)19(23)26-2/h5-13,17H,4H2,1-3H3,(H,20,22). The van der Waals surface area contributed by atoms with Crippen LogP contribution in [0, 0.1) is 0 Å². The number of rotatable bonds is 7. The maximum Gasteiger partial charge on any atom is 0.337 e. The first-order valence-corrected chi connectivity index (χ1v) is 10.2. The number of methoxy groups -OCH3 is 1. The van der Waals surface area contributed by atoms with Crippen molar-refractivity contribution in [1.29, 1.82) is 0 Å². The van der Waals surface area contributed by atoms with Crippen molar-refractivity contribution in [3.05, 3.63) is 60.2 Å². The molecule has 2 aromatic carbocycles. The topological polar surface area (TPSA) is 92.8 Å². The SMILES string of the molecule is CCC(C(=O)Nc1ccc(C(=O)OC)cc1)N(c1ccccc1)S(C)(=O)=O. The molecule has 0 spiro atoms. The molecule has 0 aliphatic carbocycles. The van der Waals surface area contributed by atoms with Crippen molar-refractivity contribution in [3.63, 3.8) is 0 Å². The predicted molar refractivity (Wildman–Crippen MR) is 104 cm³/mol. The summed E-state index contributed by atoms with van der Waals surface area (Å²) < 4.78 is 30.4. The van der Waals surface area contributed by atoms with Gasteiger partial charge in [-0.1, -0.05) is 25.1 Å². The first-order chi connectivity index (χ1) is 12.8. The molecule has 0 aliphatic heterocycles. The summed E-state index contributed by atoms with van der Waals surface area (Å²) in [4.78, 5) is 24.2. The van der Waals surface area contributed by atoms with E-state index in [1.807, 2.05) is 0 Å². The van der Waals surface area contributed by atoms with Gasteiger partial charge in [-0.05, 0) is 42.8 Å². The number of sulfonamides is 1. The zero-order valence-electron chi connectivity index (χ0n) is 15.4. The third kappa shape index (κ3) is 5.07. The van der Waals surface area contributed by atoms with Gasteiger partial charge in [-0.3, -0.25) is 9.10 Å². The Morgan fingerprint density at radius 2 is 1.67 bits per heavy atom. The number of para-hydroxylation sites is 1. The van der Waals surface area contributed by atoms with Crippen LogP contribution in [0.25, 0.3) is 0 Å². The molecule has 7 nitrogen and oxygen atoms in total. The lowest BCUT2D eigenvalue weighted by atomic mass is 10.1. The van der Waals surface area contributed by atoms with Crippen LogP contribution in [-0.4, -0.2) is 39.7 Å². The van der Waals surface area contributed by atoms with E-state index in [-0.39, 0.29) is 6.42 Å².